The van der Waals surface area contributed by atoms with Crippen LogP contribution in [0.3, 0.4) is 0 Å². The molecule has 0 spiro atoms. The molecule has 0 aliphatic rings. The summed E-state index contributed by atoms with van der Waals surface area (Å²) >= 11 is 1.99. The van der Waals surface area contributed by atoms with Crippen LogP contribution in [0.1, 0.15) is 6.92 Å². The van der Waals surface area contributed by atoms with Gasteiger partial charge in [0.05, 0.1) is 36.7 Å². The third-order valence-electron chi connectivity index (χ3n) is 3.63. The van der Waals surface area contributed by atoms with Crippen LogP contribution in [0.4, 0.5) is 0 Å². The number of nitrogens with one attached hydrogen (secondary N) is 2. The highest BCUT2D eigenvalue weighted by molar-refractivity contribution is 8.00. The van der Waals surface area contributed by atoms with Crippen LogP contribution in [0.25, 0.3) is 21.8 Å². The number of aromatic amines is 1. The molecule has 3 aromatic rings. The van der Waals surface area contributed by atoms with E-state index >= 15 is 0 Å². The van der Waals surface area contributed by atoms with Gasteiger partial charge in [-0.15, -0.1) is 11.8 Å². The first-order chi connectivity index (χ1) is 10.1. The molecule has 0 fully saturated rings. The smallest absolute Gasteiger partial charge is 0.212 e. The molecule has 3 rings (SSSR count). The summed E-state index contributed by atoms with van der Waals surface area (Å²) in [4.78, 5) is 6.43. The van der Waals surface area contributed by atoms with E-state index < -0.39 is 0 Å². The normalized spacial score (nSPS) is 13.1. The molecule has 108 valence electrons. The maximum absolute atomic E-state index is 3.55. The van der Waals surface area contributed by atoms with E-state index in [1.807, 2.05) is 11.8 Å². The molecular weight excluding hydrogens is 276 g/mol. The molecule has 2 N–H and O–H groups in total. The van der Waals surface area contributed by atoms with E-state index in [-0.39, 0.29) is 0 Å². The van der Waals surface area contributed by atoms with Gasteiger partial charge in [0.1, 0.15) is 0 Å². The second-order valence-corrected chi connectivity index (χ2v) is 7.33. The van der Waals surface area contributed by atoms with Crippen molar-refractivity contribution in [3.8, 4) is 0 Å². The number of pyridine rings is 1. The van der Waals surface area contributed by atoms with Gasteiger partial charge >= 0.3 is 0 Å². The summed E-state index contributed by atoms with van der Waals surface area (Å²) in [5, 5.41) is 3.23. The van der Waals surface area contributed by atoms with Crippen molar-refractivity contribution in [2.24, 2.45) is 0 Å². The Bertz CT molecular complexity index is 713. The molecule has 1 heterocycles. The van der Waals surface area contributed by atoms with Crippen LogP contribution < -0.4 is 9.88 Å². The Morgan fingerprint density at radius 3 is 2.00 bits per heavy atom. The quantitative estimate of drug-likeness (QED) is 0.579. The second kappa shape index (κ2) is 6.04. The van der Waals surface area contributed by atoms with Crippen molar-refractivity contribution >= 4 is 33.6 Å². The van der Waals surface area contributed by atoms with Crippen LogP contribution in [-0.4, -0.2) is 25.9 Å². The average Bonchev–Trinajstić information content (AvgIpc) is 2.46. The zero-order valence-electron chi connectivity index (χ0n) is 12.8. The van der Waals surface area contributed by atoms with Gasteiger partial charge in [0.25, 0.3) is 0 Å². The summed E-state index contributed by atoms with van der Waals surface area (Å²) in [6.07, 6.45) is 0. The van der Waals surface area contributed by atoms with E-state index in [1.54, 1.807) is 0 Å². The summed E-state index contributed by atoms with van der Waals surface area (Å²) in [6, 6.07) is 17.2. The van der Waals surface area contributed by atoms with Crippen LogP contribution in [-0.2, 0) is 0 Å². The topological polar surface area (TPSA) is 18.6 Å². The lowest BCUT2D eigenvalue weighted by Crippen LogP contribution is -3.06. The largest absolute Gasteiger partial charge is 0.339 e. The van der Waals surface area contributed by atoms with Gasteiger partial charge in [-0.1, -0.05) is 24.3 Å². The first-order valence-electron chi connectivity index (χ1n) is 7.43. The molecule has 0 bridgehead atoms. The van der Waals surface area contributed by atoms with E-state index in [9.17, 15) is 0 Å². The molecule has 1 atom stereocenters. The van der Waals surface area contributed by atoms with Crippen LogP contribution >= 0.6 is 11.8 Å². The fourth-order valence-electron chi connectivity index (χ4n) is 2.82. The van der Waals surface area contributed by atoms with Gasteiger partial charge in [-0.3, -0.25) is 0 Å². The third kappa shape index (κ3) is 3.04. The Morgan fingerprint density at radius 1 is 0.952 bits per heavy atom. The Labute approximate surface area is 130 Å². The number of H-pyrrole nitrogens is 1. The van der Waals surface area contributed by atoms with Gasteiger partial charge in [0, 0.05) is 17.0 Å². The first-order valence-corrected chi connectivity index (χ1v) is 8.31. The van der Waals surface area contributed by atoms with Gasteiger partial charge < -0.3 is 4.90 Å². The predicted octanol–water partition coefficient (Wildman–Crippen LogP) is 2.43. The summed E-state index contributed by atoms with van der Waals surface area (Å²) in [7, 11) is 4.43. The van der Waals surface area contributed by atoms with Gasteiger partial charge in [0.15, 0.2) is 0 Å². The summed E-state index contributed by atoms with van der Waals surface area (Å²) < 4.78 is 0. The summed E-state index contributed by atoms with van der Waals surface area (Å²) in [5.41, 5.74) is 2.42. The fourth-order valence-corrected chi connectivity index (χ4v) is 4.24. The van der Waals surface area contributed by atoms with Crippen LogP contribution in [0.15, 0.2) is 53.4 Å². The minimum Gasteiger partial charge on any atom is -0.339 e. The summed E-state index contributed by atoms with van der Waals surface area (Å²) in [5.74, 6) is 0. The molecule has 2 nitrogen and oxygen atoms in total. The Balaban J connectivity index is 2.15. The van der Waals surface area contributed by atoms with Crippen molar-refractivity contribution in [1.29, 1.82) is 0 Å². The Hall–Kier alpha value is -1.58. The van der Waals surface area contributed by atoms with E-state index in [0.29, 0.717) is 5.25 Å². The van der Waals surface area contributed by atoms with Gasteiger partial charge in [-0.05, 0) is 19.1 Å². The number of quaternary nitrogens is 1. The number of aromatic nitrogens is 1. The molecule has 0 saturated carbocycles. The molecule has 2 aromatic carbocycles. The molecule has 0 saturated heterocycles. The Morgan fingerprint density at radius 2 is 1.48 bits per heavy atom. The second-order valence-electron chi connectivity index (χ2n) is 5.88. The van der Waals surface area contributed by atoms with Gasteiger partial charge in [0.2, 0.25) is 11.0 Å². The van der Waals surface area contributed by atoms with Crippen molar-refractivity contribution in [3.05, 3.63) is 48.5 Å². The van der Waals surface area contributed by atoms with E-state index in [4.69, 9.17) is 0 Å². The molecule has 3 heteroatoms. The standard InChI is InChI=1S/C18H20N2S/c1-13(12-20(2)3)21-18-14-8-4-6-10-16(14)19-17-11-7-5-9-15(17)18/h4-11,13H,12H2,1-3H3/p+2. The maximum atomic E-state index is 3.55. The molecular formula is C18H22N2S+2. The monoisotopic (exact) mass is 298 g/mol. The van der Waals surface area contributed by atoms with Crippen LogP contribution in [0, 0.1) is 0 Å². The number of para-hydroxylation sites is 2. The molecule has 1 aromatic heterocycles. The highest BCUT2D eigenvalue weighted by atomic mass is 32.2. The number of hydrogen-bond acceptors (Lipinski definition) is 1. The minimum absolute atomic E-state index is 0.587. The predicted molar refractivity (Wildman–Crippen MR) is 91.0 cm³/mol. The zero-order valence-corrected chi connectivity index (χ0v) is 13.6. The lowest BCUT2D eigenvalue weighted by molar-refractivity contribution is -0.857. The molecule has 1 unspecified atom stereocenters. The molecule has 0 radical (unpaired) electrons. The number of benzene rings is 2. The zero-order chi connectivity index (χ0) is 14.8. The minimum atomic E-state index is 0.587. The maximum Gasteiger partial charge on any atom is 0.212 e. The van der Waals surface area contributed by atoms with Crippen molar-refractivity contribution in [1.82, 2.24) is 0 Å². The molecule has 0 aliphatic carbocycles. The molecule has 0 aliphatic heterocycles. The number of hydrogen-bond donors (Lipinski definition) is 1. The lowest BCUT2D eigenvalue weighted by Gasteiger charge is -2.15. The first kappa shape index (κ1) is 14.4. The van der Waals surface area contributed by atoms with Crippen LogP contribution in [0.2, 0.25) is 0 Å². The van der Waals surface area contributed by atoms with Crippen molar-refractivity contribution < 1.29 is 9.88 Å². The van der Waals surface area contributed by atoms with E-state index in [0.717, 1.165) is 6.54 Å². The molecule has 21 heavy (non-hydrogen) atoms. The van der Waals surface area contributed by atoms with Crippen molar-refractivity contribution in [2.75, 3.05) is 20.6 Å². The van der Waals surface area contributed by atoms with Crippen LogP contribution in [0.5, 0.6) is 0 Å². The van der Waals surface area contributed by atoms with E-state index in [2.05, 4.69) is 74.5 Å². The van der Waals surface area contributed by atoms with Crippen molar-refractivity contribution in [3.63, 3.8) is 0 Å². The SMILES string of the molecule is CC(C[NH+](C)C)Sc1c2ccccc2[nH+]c2ccccc12. The molecule has 0 amide bonds. The Kier molecular flexibility index (Phi) is 4.13. The number of thioether (sulfide) groups is 1. The number of rotatable bonds is 4. The van der Waals surface area contributed by atoms with Gasteiger partial charge in [-0.25, -0.2) is 4.98 Å². The number of fused-ring (bicyclic) bond motifs is 2. The lowest BCUT2D eigenvalue weighted by atomic mass is 10.1. The van der Waals surface area contributed by atoms with E-state index in [1.165, 1.54) is 31.6 Å². The third-order valence-corrected chi connectivity index (χ3v) is 4.87. The highest BCUT2D eigenvalue weighted by Gasteiger charge is 2.17. The summed E-state index contributed by atoms with van der Waals surface area (Å²) in [6.45, 7) is 3.48. The van der Waals surface area contributed by atoms with Crippen molar-refractivity contribution in [2.45, 2.75) is 17.1 Å². The van der Waals surface area contributed by atoms with Gasteiger partial charge in [-0.2, -0.15) is 0 Å². The fraction of sp³-hybridized carbons (Fsp3) is 0.278. The highest BCUT2D eigenvalue weighted by Crippen LogP contribution is 2.34. The average molecular weight is 298 g/mol.